The van der Waals surface area contributed by atoms with Gasteiger partial charge in [0.1, 0.15) is 11.6 Å². The molecule has 2 heterocycles. The molecule has 1 amide bonds. The molecule has 1 aromatic heterocycles. The number of rotatable bonds is 4. The molecule has 1 aromatic carbocycles. The van der Waals surface area contributed by atoms with Crippen LogP contribution in [-0.4, -0.2) is 35.5 Å². The first-order chi connectivity index (χ1) is 11.6. The van der Waals surface area contributed by atoms with Crippen molar-refractivity contribution in [3.63, 3.8) is 0 Å². The van der Waals surface area contributed by atoms with Crippen LogP contribution in [0.5, 0.6) is 0 Å². The molecular formula is C17H18ClFN4O. The molecule has 3 rings (SSSR count). The van der Waals surface area contributed by atoms with Crippen molar-refractivity contribution in [2.75, 3.05) is 24.5 Å². The number of carbonyl (C=O) groups is 1. The summed E-state index contributed by atoms with van der Waals surface area (Å²) in [5.74, 6) is 0.164. The fourth-order valence-corrected chi connectivity index (χ4v) is 3.11. The van der Waals surface area contributed by atoms with E-state index >= 15 is 0 Å². The third-order valence-electron chi connectivity index (χ3n) is 4.23. The molecule has 0 unspecified atom stereocenters. The van der Waals surface area contributed by atoms with E-state index in [1.54, 1.807) is 18.6 Å². The highest BCUT2D eigenvalue weighted by Crippen LogP contribution is 2.22. The number of benzene rings is 1. The van der Waals surface area contributed by atoms with E-state index in [9.17, 15) is 9.18 Å². The van der Waals surface area contributed by atoms with Crippen LogP contribution in [0.2, 0.25) is 5.02 Å². The molecule has 5 nitrogen and oxygen atoms in total. The Balaban J connectivity index is 1.51. The van der Waals surface area contributed by atoms with Gasteiger partial charge in [0.15, 0.2) is 0 Å². The van der Waals surface area contributed by atoms with Gasteiger partial charge in [0.2, 0.25) is 0 Å². The maximum atomic E-state index is 13.7. The van der Waals surface area contributed by atoms with Gasteiger partial charge in [-0.3, -0.25) is 9.78 Å². The standard InChI is InChI=1S/C17H18ClFN4O/c18-13-2-1-3-14(19)16(13)17(24)22-10-12-4-8-23(9-5-12)15-11-20-6-7-21-15/h1-3,6-7,11-12H,4-5,8-10H2,(H,22,24). The Kier molecular flexibility index (Phi) is 5.25. The van der Waals surface area contributed by atoms with Gasteiger partial charge >= 0.3 is 0 Å². The number of hydrogen-bond acceptors (Lipinski definition) is 4. The van der Waals surface area contributed by atoms with E-state index in [0.29, 0.717) is 12.5 Å². The summed E-state index contributed by atoms with van der Waals surface area (Å²) in [5.41, 5.74) is -0.0869. The van der Waals surface area contributed by atoms with Crippen LogP contribution >= 0.6 is 11.6 Å². The van der Waals surface area contributed by atoms with Crippen LogP contribution in [0.15, 0.2) is 36.8 Å². The van der Waals surface area contributed by atoms with E-state index in [4.69, 9.17) is 11.6 Å². The highest BCUT2D eigenvalue weighted by atomic mass is 35.5. The maximum Gasteiger partial charge on any atom is 0.255 e. The van der Waals surface area contributed by atoms with Crippen molar-refractivity contribution < 1.29 is 9.18 Å². The molecule has 2 aromatic rings. The minimum atomic E-state index is -0.600. The molecule has 0 radical (unpaired) electrons. The van der Waals surface area contributed by atoms with Gasteiger partial charge in [0.05, 0.1) is 16.8 Å². The lowest BCUT2D eigenvalue weighted by Gasteiger charge is -2.32. The molecule has 1 fully saturated rings. The number of nitrogens with one attached hydrogen (secondary N) is 1. The molecule has 1 aliphatic rings. The number of amides is 1. The minimum Gasteiger partial charge on any atom is -0.355 e. The van der Waals surface area contributed by atoms with E-state index in [0.717, 1.165) is 31.7 Å². The zero-order chi connectivity index (χ0) is 16.9. The molecule has 1 aliphatic heterocycles. The van der Waals surface area contributed by atoms with E-state index in [-0.39, 0.29) is 10.6 Å². The number of anilines is 1. The smallest absolute Gasteiger partial charge is 0.255 e. The number of carbonyl (C=O) groups excluding carboxylic acids is 1. The molecule has 0 atom stereocenters. The molecule has 7 heteroatoms. The molecule has 1 N–H and O–H groups in total. The van der Waals surface area contributed by atoms with Gasteiger partial charge in [-0.1, -0.05) is 17.7 Å². The zero-order valence-corrected chi connectivity index (χ0v) is 13.8. The molecule has 0 aliphatic carbocycles. The summed E-state index contributed by atoms with van der Waals surface area (Å²) in [6.45, 7) is 2.23. The average molecular weight is 349 g/mol. The van der Waals surface area contributed by atoms with Gasteiger partial charge < -0.3 is 10.2 Å². The molecule has 24 heavy (non-hydrogen) atoms. The third-order valence-corrected chi connectivity index (χ3v) is 4.54. The lowest BCUT2D eigenvalue weighted by molar-refractivity contribution is 0.0941. The summed E-state index contributed by atoms with van der Waals surface area (Å²) >= 11 is 5.91. The van der Waals surface area contributed by atoms with Gasteiger partial charge in [0, 0.05) is 32.0 Å². The van der Waals surface area contributed by atoms with Gasteiger partial charge in [-0.2, -0.15) is 0 Å². The van der Waals surface area contributed by atoms with Crippen LogP contribution in [0.3, 0.4) is 0 Å². The highest BCUT2D eigenvalue weighted by molar-refractivity contribution is 6.33. The molecule has 126 valence electrons. The zero-order valence-electron chi connectivity index (χ0n) is 13.1. The summed E-state index contributed by atoms with van der Waals surface area (Å²) in [7, 11) is 0. The SMILES string of the molecule is O=C(NCC1CCN(c2cnccn2)CC1)c1c(F)cccc1Cl. The fraction of sp³-hybridized carbons (Fsp3) is 0.353. The normalized spacial score (nSPS) is 15.3. The number of piperidine rings is 1. The van der Waals surface area contributed by atoms with Crippen LogP contribution in [0, 0.1) is 11.7 Å². The van der Waals surface area contributed by atoms with Crippen LogP contribution in [0.25, 0.3) is 0 Å². The summed E-state index contributed by atoms with van der Waals surface area (Å²) in [6.07, 6.45) is 6.95. The second-order valence-electron chi connectivity index (χ2n) is 5.80. The summed E-state index contributed by atoms with van der Waals surface area (Å²) in [4.78, 5) is 22.7. The molecule has 1 saturated heterocycles. The molecule has 0 spiro atoms. The first kappa shape index (κ1) is 16.6. The second-order valence-corrected chi connectivity index (χ2v) is 6.21. The summed E-state index contributed by atoms with van der Waals surface area (Å²) < 4.78 is 13.7. The second kappa shape index (κ2) is 7.57. The topological polar surface area (TPSA) is 58.1 Å². The summed E-state index contributed by atoms with van der Waals surface area (Å²) in [6, 6.07) is 4.23. The fourth-order valence-electron chi connectivity index (χ4n) is 2.86. The molecule has 0 saturated carbocycles. The first-order valence-corrected chi connectivity index (χ1v) is 8.26. The van der Waals surface area contributed by atoms with E-state index in [1.165, 1.54) is 18.2 Å². The van der Waals surface area contributed by atoms with Crippen LogP contribution in [0.4, 0.5) is 10.2 Å². The van der Waals surface area contributed by atoms with Gasteiger partial charge in [-0.25, -0.2) is 9.37 Å². The highest BCUT2D eigenvalue weighted by Gasteiger charge is 2.22. The maximum absolute atomic E-state index is 13.7. The Morgan fingerprint density at radius 2 is 2.12 bits per heavy atom. The van der Waals surface area contributed by atoms with E-state index in [1.807, 2.05) is 0 Å². The minimum absolute atomic E-state index is 0.0869. The first-order valence-electron chi connectivity index (χ1n) is 7.88. The largest absolute Gasteiger partial charge is 0.355 e. The number of nitrogens with zero attached hydrogens (tertiary/aromatic N) is 3. The van der Waals surface area contributed by atoms with Crippen molar-refractivity contribution >= 4 is 23.3 Å². The third kappa shape index (κ3) is 3.82. The van der Waals surface area contributed by atoms with Crippen LogP contribution in [-0.2, 0) is 0 Å². The Morgan fingerprint density at radius 3 is 2.79 bits per heavy atom. The van der Waals surface area contributed by atoms with E-state index in [2.05, 4.69) is 20.2 Å². The van der Waals surface area contributed by atoms with Crippen molar-refractivity contribution in [2.24, 2.45) is 5.92 Å². The Morgan fingerprint density at radius 1 is 1.33 bits per heavy atom. The number of aromatic nitrogens is 2. The lowest BCUT2D eigenvalue weighted by atomic mass is 9.96. The van der Waals surface area contributed by atoms with Crippen molar-refractivity contribution in [3.8, 4) is 0 Å². The lowest BCUT2D eigenvalue weighted by Crippen LogP contribution is -2.39. The summed E-state index contributed by atoms with van der Waals surface area (Å²) in [5, 5.41) is 2.92. The Labute approximate surface area is 144 Å². The quantitative estimate of drug-likeness (QED) is 0.923. The van der Waals surface area contributed by atoms with Gasteiger partial charge in [-0.15, -0.1) is 0 Å². The number of hydrogen-bond donors (Lipinski definition) is 1. The van der Waals surface area contributed by atoms with Gasteiger partial charge in [-0.05, 0) is 30.9 Å². The van der Waals surface area contributed by atoms with Crippen molar-refractivity contribution in [3.05, 3.63) is 53.2 Å². The predicted molar refractivity (Wildman–Crippen MR) is 90.7 cm³/mol. The molecular weight excluding hydrogens is 331 g/mol. The predicted octanol–water partition coefficient (Wildman–Crippen LogP) is 2.92. The van der Waals surface area contributed by atoms with Crippen LogP contribution < -0.4 is 10.2 Å². The average Bonchev–Trinajstić information content (AvgIpc) is 2.61. The van der Waals surface area contributed by atoms with E-state index < -0.39 is 11.7 Å². The molecule has 0 bridgehead atoms. The van der Waals surface area contributed by atoms with Crippen LogP contribution in [0.1, 0.15) is 23.2 Å². The van der Waals surface area contributed by atoms with Crippen molar-refractivity contribution in [1.82, 2.24) is 15.3 Å². The van der Waals surface area contributed by atoms with Crippen molar-refractivity contribution in [1.29, 1.82) is 0 Å². The van der Waals surface area contributed by atoms with Crippen molar-refractivity contribution in [2.45, 2.75) is 12.8 Å². The number of halogens is 2. The Bertz CT molecular complexity index is 685. The Hall–Kier alpha value is -2.21. The van der Waals surface area contributed by atoms with Gasteiger partial charge in [0.25, 0.3) is 5.91 Å². The monoisotopic (exact) mass is 348 g/mol.